The average molecular weight is 277 g/mol. The maximum Gasteiger partial charge on any atom is 0.306 e. The second-order valence-electron chi connectivity index (χ2n) is 5.21. The summed E-state index contributed by atoms with van der Waals surface area (Å²) in [6, 6.07) is 0. The Kier molecular flexibility index (Phi) is 8.00. The van der Waals surface area contributed by atoms with Gasteiger partial charge >= 0.3 is 5.97 Å². The van der Waals surface area contributed by atoms with E-state index in [1.165, 1.54) is 7.11 Å². The summed E-state index contributed by atoms with van der Waals surface area (Å²) < 4.78 is 4.74. The SMILES string of the molecule is CC.COC(=O)CC1(CN(O)P)CC(C)[C@@H](C)C1. The van der Waals surface area contributed by atoms with Gasteiger partial charge in [0.2, 0.25) is 0 Å². The van der Waals surface area contributed by atoms with Gasteiger partial charge in [0, 0.05) is 6.54 Å². The monoisotopic (exact) mass is 277 g/mol. The van der Waals surface area contributed by atoms with Crippen molar-refractivity contribution in [2.75, 3.05) is 13.7 Å². The number of methoxy groups -OCH3 is 1. The zero-order chi connectivity index (χ0) is 14.3. The van der Waals surface area contributed by atoms with Crippen LogP contribution in [0.3, 0.4) is 0 Å². The van der Waals surface area contributed by atoms with Crippen LogP contribution in [0.5, 0.6) is 0 Å². The second-order valence-corrected chi connectivity index (χ2v) is 5.81. The molecule has 1 N–H and O–H groups in total. The first-order chi connectivity index (χ1) is 8.38. The molecule has 108 valence electrons. The standard InChI is InChI=1S/C11H22NO3P.C2H6/c1-8-4-11(5-9(8)2,7-12(14)16)6-10(13)15-3;1-2/h8-9,14H,4-7,16H2,1-3H3;1-2H3/t8-,9?,11?;/m0./s1. The van der Waals surface area contributed by atoms with Gasteiger partial charge < -0.3 is 9.94 Å². The number of nitrogens with zero attached hydrogens (tertiary/aromatic N) is 1. The minimum atomic E-state index is -0.187. The van der Waals surface area contributed by atoms with E-state index in [1.807, 2.05) is 13.8 Å². The summed E-state index contributed by atoms with van der Waals surface area (Å²) in [7, 11) is 3.66. The molecule has 0 aromatic heterocycles. The average Bonchev–Trinajstić information content (AvgIpc) is 2.55. The molecule has 0 aromatic rings. The molecule has 1 rings (SSSR count). The van der Waals surface area contributed by atoms with Crippen LogP contribution in [0.1, 0.15) is 47.0 Å². The first-order valence-corrected chi connectivity index (χ1v) is 7.18. The van der Waals surface area contributed by atoms with Crippen molar-refractivity contribution >= 4 is 15.4 Å². The van der Waals surface area contributed by atoms with E-state index in [-0.39, 0.29) is 11.4 Å². The van der Waals surface area contributed by atoms with Crippen LogP contribution in [-0.4, -0.2) is 29.7 Å². The lowest BCUT2D eigenvalue weighted by Gasteiger charge is -2.30. The van der Waals surface area contributed by atoms with Gasteiger partial charge in [-0.05, 0) is 39.5 Å². The lowest BCUT2D eigenvalue weighted by Crippen LogP contribution is -2.32. The van der Waals surface area contributed by atoms with E-state index in [1.54, 1.807) is 0 Å². The van der Waals surface area contributed by atoms with Gasteiger partial charge in [-0.1, -0.05) is 27.7 Å². The fourth-order valence-corrected chi connectivity index (χ4v) is 3.29. The fraction of sp³-hybridized carbons (Fsp3) is 0.923. The van der Waals surface area contributed by atoms with E-state index in [0.29, 0.717) is 24.8 Å². The summed E-state index contributed by atoms with van der Waals surface area (Å²) in [5, 5.41) is 9.38. The summed E-state index contributed by atoms with van der Waals surface area (Å²) in [6.07, 6.45) is 2.33. The van der Waals surface area contributed by atoms with Crippen molar-refractivity contribution in [2.45, 2.75) is 47.0 Å². The van der Waals surface area contributed by atoms with Crippen molar-refractivity contribution in [3.8, 4) is 0 Å². The molecule has 18 heavy (non-hydrogen) atoms. The van der Waals surface area contributed by atoms with Crippen LogP contribution in [0.4, 0.5) is 0 Å². The van der Waals surface area contributed by atoms with Gasteiger partial charge in [-0.3, -0.25) is 4.79 Å². The van der Waals surface area contributed by atoms with Gasteiger partial charge in [-0.25, -0.2) is 0 Å². The van der Waals surface area contributed by atoms with E-state index in [9.17, 15) is 10.0 Å². The molecule has 0 aliphatic heterocycles. The van der Waals surface area contributed by atoms with E-state index >= 15 is 0 Å². The van der Waals surface area contributed by atoms with E-state index in [4.69, 9.17) is 4.74 Å². The lowest BCUT2D eigenvalue weighted by atomic mass is 9.81. The fourth-order valence-electron chi connectivity index (χ4n) is 2.90. The van der Waals surface area contributed by atoms with Crippen LogP contribution in [0.2, 0.25) is 0 Å². The van der Waals surface area contributed by atoms with Crippen molar-refractivity contribution < 1.29 is 14.7 Å². The van der Waals surface area contributed by atoms with Gasteiger partial charge in [0.15, 0.2) is 0 Å². The molecule has 0 heterocycles. The van der Waals surface area contributed by atoms with Crippen LogP contribution in [0.25, 0.3) is 0 Å². The summed E-state index contributed by atoms with van der Waals surface area (Å²) in [5.41, 5.74) is -0.136. The lowest BCUT2D eigenvalue weighted by molar-refractivity contribution is -0.144. The van der Waals surface area contributed by atoms with Crippen molar-refractivity contribution in [2.24, 2.45) is 17.3 Å². The van der Waals surface area contributed by atoms with Gasteiger partial charge in [-0.15, -0.1) is 0 Å². The maximum absolute atomic E-state index is 11.4. The van der Waals surface area contributed by atoms with Crippen molar-refractivity contribution in [3.05, 3.63) is 0 Å². The second kappa shape index (κ2) is 8.08. The van der Waals surface area contributed by atoms with Crippen molar-refractivity contribution in [1.82, 2.24) is 4.83 Å². The number of esters is 1. The number of ether oxygens (including phenoxy) is 1. The highest BCUT2D eigenvalue weighted by Gasteiger charge is 2.43. The summed E-state index contributed by atoms with van der Waals surface area (Å²) in [6.45, 7) is 8.91. The normalized spacial score (nSPS) is 30.9. The smallest absolute Gasteiger partial charge is 0.306 e. The Hall–Kier alpha value is -0.180. The predicted molar refractivity (Wildman–Crippen MR) is 76.2 cm³/mol. The zero-order valence-electron chi connectivity index (χ0n) is 12.3. The highest BCUT2D eigenvalue weighted by atomic mass is 31.0. The van der Waals surface area contributed by atoms with Crippen LogP contribution in [-0.2, 0) is 9.53 Å². The Labute approximate surface area is 113 Å². The maximum atomic E-state index is 11.4. The quantitative estimate of drug-likeness (QED) is 0.487. The van der Waals surface area contributed by atoms with E-state index in [0.717, 1.165) is 17.7 Å². The van der Waals surface area contributed by atoms with Crippen LogP contribution < -0.4 is 0 Å². The molecule has 1 aliphatic carbocycles. The molecule has 1 fully saturated rings. The Morgan fingerprint density at radius 3 is 2.17 bits per heavy atom. The third-order valence-corrected chi connectivity index (χ3v) is 3.91. The van der Waals surface area contributed by atoms with Crippen molar-refractivity contribution in [3.63, 3.8) is 0 Å². The summed E-state index contributed by atoms with van der Waals surface area (Å²) >= 11 is 0. The molecule has 0 aromatic carbocycles. The molecule has 4 nitrogen and oxygen atoms in total. The molecule has 1 saturated carbocycles. The number of carbonyl (C=O) groups is 1. The van der Waals surface area contributed by atoms with E-state index in [2.05, 4.69) is 23.2 Å². The number of hydrogen-bond acceptors (Lipinski definition) is 4. The third-order valence-electron chi connectivity index (χ3n) is 3.73. The van der Waals surface area contributed by atoms with Crippen LogP contribution in [0.15, 0.2) is 0 Å². The third kappa shape index (κ3) is 5.21. The van der Waals surface area contributed by atoms with Gasteiger partial charge in [0.05, 0.1) is 13.5 Å². The number of hydroxylamine groups is 1. The van der Waals surface area contributed by atoms with E-state index < -0.39 is 0 Å². The number of hydrogen-bond donors (Lipinski definition) is 1. The molecule has 3 unspecified atom stereocenters. The molecular formula is C13H28NO3P. The van der Waals surface area contributed by atoms with Crippen LogP contribution in [0, 0.1) is 17.3 Å². The Bertz CT molecular complexity index is 243. The van der Waals surface area contributed by atoms with Crippen molar-refractivity contribution in [1.29, 1.82) is 0 Å². The first kappa shape index (κ1) is 17.8. The Morgan fingerprint density at radius 1 is 1.39 bits per heavy atom. The molecule has 0 amide bonds. The molecular weight excluding hydrogens is 249 g/mol. The Morgan fingerprint density at radius 2 is 1.83 bits per heavy atom. The minimum Gasteiger partial charge on any atom is -0.469 e. The Balaban J connectivity index is 0.00000137. The number of carbonyl (C=O) groups excluding carboxylic acids is 1. The number of rotatable bonds is 4. The zero-order valence-corrected chi connectivity index (χ0v) is 13.4. The largest absolute Gasteiger partial charge is 0.469 e. The van der Waals surface area contributed by atoms with Gasteiger partial charge in [0.25, 0.3) is 0 Å². The molecule has 0 radical (unpaired) electrons. The predicted octanol–water partition coefficient (Wildman–Crippen LogP) is 3.11. The summed E-state index contributed by atoms with van der Waals surface area (Å²) in [4.78, 5) is 12.5. The molecule has 0 saturated heterocycles. The minimum absolute atomic E-state index is 0.136. The first-order valence-electron chi connectivity index (χ1n) is 6.66. The molecule has 1 aliphatic rings. The molecule has 0 spiro atoms. The van der Waals surface area contributed by atoms with Gasteiger partial charge in [-0.2, -0.15) is 4.83 Å². The summed E-state index contributed by atoms with van der Waals surface area (Å²) in [5.74, 6) is 0.998. The molecule has 4 atom stereocenters. The highest BCUT2D eigenvalue weighted by molar-refractivity contribution is 7.12. The van der Waals surface area contributed by atoms with Crippen LogP contribution >= 0.6 is 9.39 Å². The highest BCUT2D eigenvalue weighted by Crippen LogP contribution is 2.48. The molecule has 0 bridgehead atoms. The molecule has 5 heteroatoms. The van der Waals surface area contributed by atoms with Gasteiger partial charge in [0.1, 0.15) is 0 Å². The topological polar surface area (TPSA) is 49.8 Å².